The van der Waals surface area contributed by atoms with Crippen molar-refractivity contribution in [1.82, 2.24) is 19.7 Å². The Bertz CT molecular complexity index is 1400. The van der Waals surface area contributed by atoms with Crippen LogP contribution in [0.5, 0.6) is 0 Å². The average molecular weight is 448 g/mol. The number of hydrogen-bond donors (Lipinski definition) is 1. The van der Waals surface area contributed by atoms with Crippen LogP contribution in [0.25, 0.3) is 5.69 Å². The molecule has 0 atom stereocenters. The molecule has 0 fully saturated rings. The van der Waals surface area contributed by atoms with Gasteiger partial charge < -0.3 is 9.73 Å². The van der Waals surface area contributed by atoms with Crippen LogP contribution in [0, 0.1) is 19.7 Å². The van der Waals surface area contributed by atoms with Crippen molar-refractivity contribution in [1.29, 1.82) is 0 Å². The standard InChI is InChI=1S/C24H21FN4O4/c1-15-10-16(2)12-19(11-15)29-24(32)28(14-17-5-7-18(25)8-6-17)23(31)21(27-29)22(30)26-13-20-4-3-9-33-20/h3-12H,13-14H2,1-2H3,(H,26,30). The maximum Gasteiger partial charge on any atom is 0.352 e. The second kappa shape index (κ2) is 9.07. The Morgan fingerprint density at radius 2 is 1.76 bits per heavy atom. The first-order valence-electron chi connectivity index (χ1n) is 10.2. The van der Waals surface area contributed by atoms with E-state index in [4.69, 9.17) is 4.42 Å². The van der Waals surface area contributed by atoms with E-state index in [1.54, 1.807) is 24.3 Å². The molecule has 0 aliphatic rings. The van der Waals surface area contributed by atoms with Crippen LogP contribution in [0.2, 0.25) is 0 Å². The highest BCUT2D eigenvalue weighted by molar-refractivity contribution is 5.91. The van der Waals surface area contributed by atoms with Crippen LogP contribution >= 0.6 is 0 Å². The van der Waals surface area contributed by atoms with E-state index < -0.39 is 28.7 Å². The monoisotopic (exact) mass is 448 g/mol. The molecule has 9 heteroatoms. The minimum atomic E-state index is -0.845. The van der Waals surface area contributed by atoms with Crippen LogP contribution < -0.4 is 16.6 Å². The van der Waals surface area contributed by atoms with E-state index in [0.717, 1.165) is 20.4 Å². The van der Waals surface area contributed by atoms with E-state index in [9.17, 15) is 18.8 Å². The lowest BCUT2D eigenvalue weighted by Gasteiger charge is -2.13. The summed E-state index contributed by atoms with van der Waals surface area (Å²) in [6, 6.07) is 14.2. The minimum Gasteiger partial charge on any atom is -0.467 e. The van der Waals surface area contributed by atoms with E-state index in [-0.39, 0.29) is 13.1 Å². The second-order valence-corrected chi connectivity index (χ2v) is 7.67. The zero-order valence-electron chi connectivity index (χ0n) is 18.0. The van der Waals surface area contributed by atoms with E-state index in [2.05, 4.69) is 10.4 Å². The van der Waals surface area contributed by atoms with Gasteiger partial charge in [-0.1, -0.05) is 18.2 Å². The topological polar surface area (TPSA) is 99.1 Å². The Balaban J connectivity index is 1.82. The molecule has 0 saturated heterocycles. The number of halogens is 1. The quantitative estimate of drug-likeness (QED) is 0.489. The molecule has 8 nitrogen and oxygen atoms in total. The molecular weight excluding hydrogens is 427 g/mol. The number of amides is 1. The molecule has 1 N–H and O–H groups in total. The Morgan fingerprint density at radius 3 is 2.39 bits per heavy atom. The molecule has 4 rings (SSSR count). The van der Waals surface area contributed by atoms with E-state index in [0.29, 0.717) is 17.0 Å². The number of aryl methyl sites for hydroxylation is 2. The molecule has 0 unspecified atom stereocenters. The second-order valence-electron chi connectivity index (χ2n) is 7.67. The summed E-state index contributed by atoms with van der Waals surface area (Å²) < 4.78 is 20.5. The highest BCUT2D eigenvalue weighted by atomic mass is 19.1. The van der Waals surface area contributed by atoms with Gasteiger partial charge in [0, 0.05) is 0 Å². The van der Waals surface area contributed by atoms with Gasteiger partial charge in [0.25, 0.3) is 11.5 Å². The van der Waals surface area contributed by atoms with Crippen LogP contribution in [-0.2, 0) is 13.1 Å². The first kappa shape index (κ1) is 21.9. The molecule has 2 aromatic carbocycles. The van der Waals surface area contributed by atoms with Gasteiger partial charge in [0.15, 0.2) is 0 Å². The third kappa shape index (κ3) is 4.82. The average Bonchev–Trinajstić information content (AvgIpc) is 3.29. The van der Waals surface area contributed by atoms with Crippen LogP contribution in [0.1, 0.15) is 32.9 Å². The summed E-state index contributed by atoms with van der Waals surface area (Å²) in [5.41, 5.74) is 0.722. The van der Waals surface area contributed by atoms with Crippen LogP contribution in [0.3, 0.4) is 0 Å². The van der Waals surface area contributed by atoms with Crippen molar-refractivity contribution in [2.24, 2.45) is 0 Å². The molecule has 2 heterocycles. The van der Waals surface area contributed by atoms with Gasteiger partial charge in [-0.3, -0.25) is 14.2 Å². The maximum absolute atomic E-state index is 13.3. The normalized spacial score (nSPS) is 10.9. The number of nitrogens with zero attached hydrogens (tertiary/aromatic N) is 3. The number of aromatic nitrogens is 3. The molecule has 33 heavy (non-hydrogen) atoms. The Morgan fingerprint density at radius 1 is 1.06 bits per heavy atom. The summed E-state index contributed by atoms with van der Waals surface area (Å²) >= 11 is 0. The summed E-state index contributed by atoms with van der Waals surface area (Å²) in [6.45, 7) is 3.64. The number of benzene rings is 2. The van der Waals surface area contributed by atoms with Crippen molar-refractivity contribution in [3.63, 3.8) is 0 Å². The molecular formula is C24H21FN4O4. The molecule has 0 radical (unpaired) electrons. The van der Waals surface area contributed by atoms with E-state index in [1.165, 1.54) is 30.5 Å². The molecule has 0 aliphatic carbocycles. The van der Waals surface area contributed by atoms with Gasteiger partial charge in [-0.15, -0.1) is 0 Å². The molecule has 2 aromatic heterocycles. The molecule has 1 amide bonds. The Kier molecular flexibility index (Phi) is 6.03. The summed E-state index contributed by atoms with van der Waals surface area (Å²) in [5, 5.41) is 6.70. The van der Waals surface area contributed by atoms with Crippen molar-refractivity contribution in [3.8, 4) is 5.69 Å². The molecule has 0 saturated carbocycles. The first-order valence-corrected chi connectivity index (χ1v) is 10.2. The van der Waals surface area contributed by atoms with Crippen molar-refractivity contribution < 1.29 is 13.6 Å². The number of carbonyl (C=O) groups is 1. The zero-order valence-corrected chi connectivity index (χ0v) is 18.0. The molecule has 0 spiro atoms. The van der Waals surface area contributed by atoms with Crippen LogP contribution in [0.4, 0.5) is 4.39 Å². The smallest absolute Gasteiger partial charge is 0.352 e. The predicted molar refractivity (Wildman–Crippen MR) is 119 cm³/mol. The van der Waals surface area contributed by atoms with Crippen molar-refractivity contribution in [2.45, 2.75) is 26.9 Å². The van der Waals surface area contributed by atoms with Gasteiger partial charge >= 0.3 is 5.69 Å². The van der Waals surface area contributed by atoms with Gasteiger partial charge in [-0.2, -0.15) is 9.78 Å². The van der Waals surface area contributed by atoms with Crippen molar-refractivity contribution >= 4 is 5.91 Å². The highest BCUT2D eigenvalue weighted by Crippen LogP contribution is 2.11. The number of nitrogens with one attached hydrogen (secondary N) is 1. The molecule has 0 aliphatic heterocycles. The fourth-order valence-electron chi connectivity index (χ4n) is 3.47. The summed E-state index contributed by atoms with van der Waals surface area (Å²) in [6.07, 6.45) is 1.47. The third-order valence-electron chi connectivity index (χ3n) is 4.98. The number of furan rings is 1. The van der Waals surface area contributed by atoms with Gasteiger partial charge in [0.05, 0.1) is 25.0 Å². The van der Waals surface area contributed by atoms with Crippen LogP contribution in [0.15, 0.2) is 74.9 Å². The SMILES string of the molecule is Cc1cc(C)cc(-n2nc(C(=O)NCc3ccco3)c(=O)n(Cc3ccc(F)cc3)c2=O)c1. The maximum atomic E-state index is 13.3. The lowest BCUT2D eigenvalue weighted by Crippen LogP contribution is -2.46. The molecule has 168 valence electrons. The Labute approximate surface area is 187 Å². The largest absolute Gasteiger partial charge is 0.467 e. The highest BCUT2D eigenvalue weighted by Gasteiger charge is 2.21. The van der Waals surface area contributed by atoms with Gasteiger partial charge in [-0.25, -0.2) is 9.18 Å². The van der Waals surface area contributed by atoms with Crippen molar-refractivity contribution in [3.05, 3.63) is 116 Å². The fourth-order valence-corrected chi connectivity index (χ4v) is 3.47. The summed E-state index contributed by atoms with van der Waals surface area (Å²) in [4.78, 5) is 39.2. The summed E-state index contributed by atoms with van der Waals surface area (Å²) in [7, 11) is 0. The fraction of sp³-hybridized carbons (Fsp3) is 0.167. The Hall–Kier alpha value is -4.27. The first-order chi connectivity index (χ1) is 15.8. The molecule has 4 aromatic rings. The lowest BCUT2D eigenvalue weighted by molar-refractivity contribution is 0.0938. The number of rotatable bonds is 6. The van der Waals surface area contributed by atoms with Gasteiger partial charge in [-0.05, 0) is 66.9 Å². The van der Waals surface area contributed by atoms with Gasteiger partial charge in [0.1, 0.15) is 11.6 Å². The predicted octanol–water partition coefficient (Wildman–Crippen LogP) is 2.72. The van der Waals surface area contributed by atoms with Crippen molar-refractivity contribution in [2.75, 3.05) is 0 Å². The third-order valence-corrected chi connectivity index (χ3v) is 4.98. The van der Waals surface area contributed by atoms with E-state index >= 15 is 0 Å². The summed E-state index contributed by atoms with van der Waals surface area (Å²) in [5.74, 6) is -0.688. The molecule has 0 bridgehead atoms. The minimum absolute atomic E-state index is 0.0492. The zero-order chi connectivity index (χ0) is 23.5. The van der Waals surface area contributed by atoms with E-state index in [1.807, 2.05) is 19.9 Å². The van der Waals surface area contributed by atoms with Crippen LogP contribution in [-0.4, -0.2) is 20.3 Å². The number of carbonyl (C=O) groups excluding carboxylic acids is 1. The number of hydrogen-bond acceptors (Lipinski definition) is 5. The lowest BCUT2D eigenvalue weighted by atomic mass is 10.1. The van der Waals surface area contributed by atoms with Gasteiger partial charge in [0.2, 0.25) is 5.69 Å².